The average Bonchev–Trinajstić information content (AvgIpc) is 3.52. The van der Waals surface area contributed by atoms with Crippen molar-refractivity contribution in [2.24, 2.45) is 0 Å². The van der Waals surface area contributed by atoms with Gasteiger partial charge >= 0.3 is 0 Å². The van der Waals surface area contributed by atoms with Crippen LogP contribution in [0.15, 0.2) is 72.1 Å². The Morgan fingerprint density at radius 2 is 1.88 bits per heavy atom. The Hall–Kier alpha value is -2.71. The van der Waals surface area contributed by atoms with Crippen molar-refractivity contribution < 1.29 is 14.3 Å². The second kappa shape index (κ2) is 13.8. The number of ether oxygens (including phenoxy) is 2. The predicted molar refractivity (Wildman–Crippen MR) is 162 cm³/mol. The predicted octanol–water partition coefficient (Wildman–Crippen LogP) is 5.81. The summed E-state index contributed by atoms with van der Waals surface area (Å²) in [5, 5.41) is 5.57. The number of carbonyl (C=O) groups is 1. The molecule has 2 atom stereocenters. The molecule has 214 valence electrons. The van der Waals surface area contributed by atoms with E-state index in [0.29, 0.717) is 13.1 Å². The SMILES string of the molecule is CCNCC[C@@H](Oc1ccccc1CCN1CCC2(CC1)CN(C(=O)c1ccccc1)C[C@@H](C)O2)c1cccs1. The molecular formula is C33H43N3O3S. The lowest BCUT2D eigenvalue weighted by atomic mass is 9.88. The molecule has 1 N–H and O–H groups in total. The molecule has 2 aliphatic heterocycles. The summed E-state index contributed by atoms with van der Waals surface area (Å²) in [5.74, 6) is 1.10. The van der Waals surface area contributed by atoms with Crippen molar-refractivity contribution in [3.63, 3.8) is 0 Å². The summed E-state index contributed by atoms with van der Waals surface area (Å²) in [7, 11) is 0. The standard InChI is InChI=1S/C33H43N3O3S/c1-3-34-19-15-30(31-14-9-23-40-31)38-29-13-8-7-10-27(29)16-20-35-21-17-33(18-22-35)25-36(24-26(2)39-33)32(37)28-11-5-4-6-12-28/h4-14,23,26,30,34H,3,15-22,24-25H2,1-2H3/t26-,30-/m1/s1. The van der Waals surface area contributed by atoms with E-state index in [1.165, 1.54) is 10.4 Å². The first-order valence-corrected chi connectivity index (χ1v) is 15.7. The summed E-state index contributed by atoms with van der Waals surface area (Å²) in [4.78, 5) is 19.0. The lowest BCUT2D eigenvalue weighted by Gasteiger charge is -2.49. The number of nitrogens with one attached hydrogen (secondary N) is 1. The number of para-hydroxylation sites is 1. The van der Waals surface area contributed by atoms with Gasteiger partial charge in [-0.2, -0.15) is 0 Å². The molecule has 2 saturated heterocycles. The Bertz CT molecular complexity index is 1190. The number of hydrogen-bond donors (Lipinski definition) is 1. The molecule has 5 rings (SSSR count). The third kappa shape index (κ3) is 7.32. The van der Waals surface area contributed by atoms with Crippen LogP contribution < -0.4 is 10.1 Å². The van der Waals surface area contributed by atoms with E-state index in [-0.39, 0.29) is 23.7 Å². The maximum absolute atomic E-state index is 13.2. The van der Waals surface area contributed by atoms with E-state index >= 15 is 0 Å². The summed E-state index contributed by atoms with van der Waals surface area (Å²) < 4.78 is 13.2. The molecule has 0 unspecified atom stereocenters. The lowest BCUT2D eigenvalue weighted by molar-refractivity contribution is -0.161. The van der Waals surface area contributed by atoms with Crippen LogP contribution in [-0.4, -0.2) is 73.2 Å². The van der Waals surface area contributed by atoms with Crippen molar-refractivity contribution in [2.45, 2.75) is 57.3 Å². The van der Waals surface area contributed by atoms with Crippen LogP contribution in [-0.2, 0) is 11.2 Å². The van der Waals surface area contributed by atoms with Crippen LogP contribution in [0.5, 0.6) is 5.75 Å². The summed E-state index contributed by atoms with van der Waals surface area (Å²) in [6.07, 6.45) is 3.88. The molecule has 3 heterocycles. The minimum atomic E-state index is -0.250. The summed E-state index contributed by atoms with van der Waals surface area (Å²) in [6.45, 7) is 10.4. The van der Waals surface area contributed by atoms with Crippen LogP contribution in [0.2, 0.25) is 0 Å². The number of benzene rings is 2. The number of likely N-dealkylation sites (tertiary alicyclic amines) is 1. The summed E-state index contributed by atoms with van der Waals surface area (Å²) in [6, 6.07) is 22.4. The van der Waals surface area contributed by atoms with Gasteiger partial charge < -0.3 is 24.6 Å². The third-order valence-electron chi connectivity index (χ3n) is 8.12. The van der Waals surface area contributed by atoms with Gasteiger partial charge in [-0.05, 0) is 74.5 Å². The molecule has 1 aromatic heterocycles. The van der Waals surface area contributed by atoms with Gasteiger partial charge in [0.05, 0.1) is 18.2 Å². The van der Waals surface area contributed by atoms with Crippen molar-refractivity contribution >= 4 is 17.2 Å². The monoisotopic (exact) mass is 561 g/mol. The van der Waals surface area contributed by atoms with Crippen molar-refractivity contribution in [2.75, 3.05) is 45.8 Å². The highest BCUT2D eigenvalue weighted by molar-refractivity contribution is 7.10. The minimum Gasteiger partial charge on any atom is -0.485 e. The molecule has 40 heavy (non-hydrogen) atoms. The van der Waals surface area contributed by atoms with Gasteiger partial charge in [0.1, 0.15) is 11.9 Å². The molecule has 0 saturated carbocycles. The average molecular weight is 562 g/mol. The molecule has 2 fully saturated rings. The van der Waals surface area contributed by atoms with E-state index in [0.717, 1.165) is 69.7 Å². The molecule has 0 aliphatic carbocycles. The van der Waals surface area contributed by atoms with Crippen LogP contribution in [0.3, 0.4) is 0 Å². The molecular weight excluding hydrogens is 518 g/mol. The highest BCUT2D eigenvalue weighted by atomic mass is 32.1. The van der Waals surface area contributed by atoms with Crippen LogP contribution >= 0.6 is 11.3 Å². The Kier molecular flexibility index (Phi) is 9.92. The van der Waals surface area contributed by atoms with Crippen LogP contribution in [0.4, 0.5) is 0 Å². The molecule has 0 radical (unpaired) electrons. The largest absolute Gasteiger partial charge is 0.485 e. The van der Waals surface area contributed by atoms with Crippen LogP contribution in [0, 0.1) is 0 Å². The van der Waals surface area contributed by atoms with Gasteiger partial charge in [-0.3, -0.25) is 4.79 Å². The van der Waals surface area contributed by atoms with Gasteiger partial charge in [-0.15, -0.1) is 11.3 Å². The highest BCUT2D eigenvalue weighted by Gasteiger charge is 2.43. The fraction of sp³-hybridized carbons (Fsp3) is 0.485. The topological polar surface area (TPSA) is 54.0 Å². The molecule has 2 aliphatic rings. The van der Waals surface area contributed by atoms with Crippen LogP contribution in [0.25, 0.3) is 0 Å². The van der Waals surface area contributed by atoms with Gasteiger partial charge in [0.2, 0.25) is 0 Å². The van der Waals surface area contributed by atoms with E-state index in [9.17, 15) is 4.79 Å². The highest BCUT2D eigenvalue weighted by Crippen LogP contribution is 2.34. The van der Waals surface area contributed by atoms with E-state index < -0.39 is 0 Å². The van der Waals surface area contributed by atoms with Crippen molar-refractivity contribution in [3.05, 3.63) is 88.1 Å². The summed E-state index contributed by atoms with van der Waals surface area (Å²) >= 11 is 1.76. The zero-order chi connectivity index (χ0) is 27.8. The summed E-state index contributed by atoms with van der Waals surface area (Å²) in [5.41, 5.74) is 1.77. The molecule has 1 amide bonds. The lowest BCUT2D eigenvalue weighted by Crippen LogP contribution is -2.60. The second-order valence-corrected chi connectivity index (χ2v) is 12.1. The number of rotatable bonds is 11. The first kappa shape index (κ1) is 28.8. The quantitative estimate of drug-likeness (QED) is 0.300. The fourth-order valence-corrected chi connectivity index (χ4v) is 6.79. The number of amides is 1. The maximum Gasteiger partial charge on any atom is 0.254 e. The van der Waals surface area contributed by atoms with Crippen molar-refractivity contribution in [3.8, 4) is 5.75 Å². The van der Waals surface area contributed by atoms with Gasteiger partial charge in [0.15, 0.2) is 0 Å². The van der Waals surface area contributed by atoms with Gasteiger partial charge in [0.25, 0.3) is 5.91 Å². The van der Waals surface area contributed by atoms with Crippen LogP contribution in [0.1, 0.15) is 60.0 Å². The smallest absolute Gasteiger partial charge is 0.254 e. The number of hydrogen-bond acceptors (Lipinski definition) is 6. The Morgan fingerprint density at radius 3 is 2.62 bits per heavy atom. The zero-order valence-corrected chi connectivity index (χ0v) is 24.7. The molecule has 6 nitrogen and oxygen atoms in total. The van der Waals surface area contributed by atoms with E-state index in [2.05, 4.69) is 65.8 Å². The van der Waals surface area contributed by atoms with E-state index in [1.54, 1.807) is 11.3 Å². The Balaban J connectivity index is 1.17. The van der Waals surface area contributed by atoms with Gasteiger partial charge in [-0.1, -0.05) is 49.4 Å². The molecule has 3 aromatic rings. The van der Waals surface area contributed by atoms with E-state index in [1.807, 2.05) is 35.2 Å². The van der Waals surface area contributed by atoms with Gasteiger partial charge in [-0.25, -0.2) is 0 Å². The third-order valence-corrected chi connectivity index (χ3v) is 9.08. The second-order valence-electron chi connectivity index (χ2n) is 11.1. The Morgan fingerprint density at radius 1 is 1.10 bits per heavy atom. The first-order chi connectivity index (χ1) is 19.5. The molecule has 1 spiro atoms. The fourth-order valence-electron chi connectivity index (χ4n) is 6.00. The zero-order valence-electron chi connectivity index (χ0n) is 23.9. The number of piperidine rings is 1. The molecule has 0 bridgehead atoms. The molecule has 7 heteroatoms. The molecule has 2 aromatic carbocycles. The van der Waals surface area contributed by atoms with Crippen molar-refractivity contribution in [1.82, 2.24) is 15.1 Å². The normalized spacial score (nSPS) is 19.9. The van der Waals surface area contributed by atoms with E-state index in [4.69, 9.17) is 9.47 Å². The van der Waals surface area contributed by atoms with Crippen molar-refractivity contribution in [1.29, 1.82) is 0 Å². The number of carbonyl (C=O) groups excluding carboxylic acids is 1. The number of nitrogens with zero attached hydrogens (tertiary/aromatic N) is 2. The Labute approximate surface area is 243 Å². The first-order valence-electron chi connectivity index (χ1n) is 14.8. The maximum atomic E-state index is 13.2. The van der Waals surface area contributed by atoms with Gasteiger partial charge in [0, 0.05) is 43.0 Å². The minimum absolute atomic E-state index is 0.0424. The number of morpholine rings is 1. The number of thiophene rings is 1.